The Balaban J connectivity index is 1.12. The fraction of sp³-hybridized carbons (Fsp3) is 0.850. The molecular weight excluding hydrogens is 1310 g/mol. The largest absolute Gasteiger partial charge is 0.433 e. The number of aryl methyl sites for hydroxylation is 1. The van der Waals surface area contributed by atoms with Gasteiger partial charge in [0, 0.05) is 158 Å². The normalized spacial score (nSPS) is 29.7. The van der Waals surface area contributed by atoms with Crippen LogP contribution in [0.3, 0.4) is 0 Å². The second-order valence-corrected chi connectivity index (χ2v) is 34.1. The fourth-order valence-corrected chi connectivity index (χ4v) is 18.5. The monoisotopic (exact) mass is 1450 g/mol. The van der Waals surface area contributed by atoms with Gasteiger partial charge in [-0.25, -0.2) is 0 Å². The summed E-state index contributed by atoms with van der Waals surface area (Å²) < 4.78 is 84.2. The molecule has 8 rings (SSSR count). The van der Waals surface area contributed by atoms with Crippen molar-refractivity contribution in [3.8, 4) is 0 Å². The molecule has 3 aliphatic carbocycles. The first-order valence-electron chi connectivity index (χ1n) is 40.1. The highest BCUT2D eigenvalue weighted by molar-refractivity contribution is 6.31. The third-order valence-corrected chi connectivity index (χ3v) is 25.7. The highest BCUT2D eigenvalue weighted by Crippen LogP contribution is 2.38. The summed E-state index contributed by atoms with van der Waals surface area (Å²) in [6.45, 7) is 24.6. The molecule has 6 aliphatic rings. The Kier molecular flexibility index (Phi) is 33.6. The molecule has 1 spiro atoms. The van der Waals surface area contributed by atoms with Crippen LogP contribution in [0, 0.1) is 23.7 Å². The lowest BCUT2D eigenvalue weighted by molar-refractivity contribution is -0.141. The van der Waals surface area contributed by atoms with E-state index in [2.05, 4.69) is 149 Å². The Morgan fingerprint density at radius 1 is 0.644 bits per heavy atom. The molecule has 14 nitrogen and oxygen atoms in total. The number of rotatable bonds is 13. The van der Waals surface area contributed by atoms with Crippen LogP contribution in [0.25, 0.3) is 0 Å². The lowest BCUT2D eigenvalue weighted by Crippen LogP contribution is -2.60. The predicted octanol–water partition coefficient (Wildman–Crippen LogP) is 13.7. The van der Waals surface area contributed by atoms with Crippen molar-refractivity contribution in [3.63, 3.8) is 0 Å². The summed E-state index contributed by atoms with van der Waals surface area (Å²) in [5.74, 6) is 2.48. The van der Waals surface area contributed by atoms with Crippen molar-refractivity contribution in [3.05, 3.63) is 63.9 Å². The summed E-state index contributed by atoms with van der Waals surface area (Å²) in [5, 5.41) is 12.1. The SMILES string of the molecule is CC[C@H](C)[C@H]1CN(C)[C@@H](C)CN2CC[C@H]2CN(C)[C@@H](CC2CCCCC2)CN(C)CCN[C@@H](CCc2ccc(C(F)(F)F)c(Cl)c2)CN(C)[C@@H](Cc2ccc(C(F)(F)F)nc2)CNC2(CCCC2)CN(C)[C@@H](C2CCCCC2)CN(C)[C@H](C(=O)N2CCCCC2)CCN(C)[C@@H](CC(C)C)CN1. The number of carbonyl (C=O) groups is 1. The summed E-state index contributed by atoms with van der Waals surface area (Å²) in [4.78, 5) is 42.0. The second-order valence-electron chi connectivity index (χ2n) is 33.7. The van der Waals surface area contributed by atoms with Gasteiger partial charge in [-0.1, -0.05) is 122 Å². The standard InChI is InChI=1S/C80H138ClF6N13O/c1-13-60(4)73-56-94(8)61(5)52-100-43-35-67(100)55-96(10)70(46-62-25-17-14-18-26-62)54-92(6)44-39-88-66(32-29-63-30-33-71(72(81)48-63)79(82,83)84)53-95(9)69(47-64-31-34-76(90-49-64)80(85,86)87)51-91-78(37-21-22-38-78)58-98(12)75(65-27-19-15-20-28-65)57-97(11)74(77(101)99-40-23-16-24-41-99)36-42-93(7)68(50-89-73)45-59(2)3/h30-31,33-34,48-49,59-62,65-70,73-75,88-89,91H,13-29,32,35-47,50-58H2,1-12H3/t60-,61-,66-,67-,68-,69-,70-,73+,74-,75+/m0/s1. The molecule has 6 fully saturated rings. The number of halogens is 7. The summed E-state index contributed by atoms with van der Waals surface area (Å²) in [6.07, 6.45) is 19.1. The molecule has 1 amide bonds. The van der Waals surface area contributed by atoms with Gasteiger partial charge >= 0.3 is 12.4 Å². The van der Waals surface area contributed by atoms with Crippen LogP contribution in [-0.4, -0.2) is 262 Å². The molecular formula is C80H138ClF6N13O. The molecule has 0 unspecified atom stereocenters. The quantitative estimate of drug-likeness (QED) is 0.166. The third kappa shape index (κ3) is 26.0. The van der Waals surface area contributed by atoms with Gasteiger partial charge in [0.25, 0.3) is 0 Å². The van der Waals surface area contributed by atoms with E-state index >= 15 is 4.79 Å². The predicted molar refractivity (Wildman–Crippen MR) is 404 cm³/mol. The molecule has 10 atom stereocenters. The van der Waals surface area contributed by atoms with Crippen molar-refractivity contribution in [2.45, 2.75) is 267 Å². The van der Waals surface area contributed by atoms with Crippen LogP contribution >= 0.6 is 11.6 Å². The van der Waals surface area contributed by atoms with Gasteiger partial charge in [0.2, 0.25) is 5.91 Å². The number of nitrogens with one attached hydrogen (secondary N) is 3. The molecule has 101 heavy (non-hydrogen) atoms. The van der Waals surface area contributed by atoms with Gasteiger partial charge in [-0.2, -0.15) is 26.3 Å². The van der Waals surface area contributed by atoms with E-state index < -0.39 is 23.6 Å². The minimum atomic E-state index is -4.57. The number of pyridine rings is 1. The van der Waals surface area contributed by atoms with Crippen molar-refractivity contribution < 1.29 is 31.1 Å². The van der Waals surface area contributed by atoms with Crippen LogP contribution in [0.5, 0.6) is 0 Å². The molecule has 0 bridgehead atoms. The van der Waals surface area contributed by atoms with Crippen LogP contribution in [0.2, 0.25) is 5.02 Å². The van der Waals surface area contributed by atoms with E-state index in [1.165, 1.54) is 76.5 Å². The summed E-state index contributed by atoms with van der Waals surface area (Å²) >= 11 is 6.37. The zero-order chi connectivity index (χ0) is 73.0. The number of alkyl halides is 6. The Morgan fingerprint density at radius 2 is 1.32 bits per heavy atom. The van der Waals surface area contributed by atoms with Crippen LogP contribution < -0.4 is 16.0 Å². The van der Waals surface area contributed by atoms with E-state index in [4.69, 9.17) is 11.6 Å². The number of carbonyl (C=O) groups excluding carboxylic acids is 1. The average Bonchev–Trinajstić information content (AvgIpc) is 1.81. The summed E-state index contributed by atoms with van der Waals surface area (Å²) in [6, 6.07) is 8.39. The number of hydrogen-bond acceptors (Lipinski definition) is 13. The Bertz CT molecular complexity index is 2690. The summed E-state index contributed by atoms with van der Waals surface area (Å²) in [7, 11) is 16.0. The number of aromatic nitrogens is 1. The van der Waals surface area contributed by atoms with E-state index in [1.807, 2.05) is 0 Å². The average molecular weight is 1450 g/mol. The van der Waals surface area contributed by atoms with Crippen molar-refractivity contribution in [1.82, 2.24) is 65.0 Å². The topological polar surface area (TPSA) is 95.2 Å². The fourth-order valence-electron chi connectivity index (χ4n) is 18.2. The van der Waals surface area contributed by atoms with Crippen molar-refractivity contribution >= 4 is 17.5 Å². The van der Waals surface area contributed by atoms with E-state index in [0.717, 1.165) is 179 Å². The molecule has 1 aromatic carbocycles. The molecule has 3 saturated carbocycles. The zero-order valence-electron chi connectivity index (χ0n) is 64.8. The smallest absolute Gasteiger partial charge is 0.341 e. The Hall–Kier alpha value is -2.73. The number of benzene rings is 1. The molecule has 1 aromatic heterocycles. The lowest BCUT2D eigenvalue weighted by atomic mass is 9.82. The van der Waals surface area contributed by atoms with E-state index in [9.17, 15) is 26.3 Å². The number of likely N-dealkylation sites (tertiary alicyclic amines) is 1. The molecule has 21 heteroatoms. The molecule has 3 N–H and O–H groups in total. The van der Waals surface area contributed by atoms with Crippen LogP contribution in [0.1, 0.15) is 205 Å². The van der Waals surface area contributed by atoms with Crippen LogP contribution in [0.4, 0.5) is 26.3 Å². The van der Waals surface area contributed by atoms with E-state index in [-0.39, 0.29) is 40.6 Å². The van der Waals surface area contributed by atoms with E-state index in [1.54, 1.807) is 12.1 Å². The molecule has 3 aliphatic heterocycles. The van der Waals surface area contributed by atoms with Crippen molar-refractivity contribution in [1.29, 1.82) is 0 Å². The Morgan fingerprint density at radius 3 is 1.94 bits per heavy atom. The number of nitrogens with zero attached hydrogens (tertiary/aromatic N) is 10. The van der Waals surface area contributed by atoms with Gasteiger partial charge < -0.3 is 50.2 Å². The van der Waals surface area contributed by atoms with Crippen LogP contribution in [0.15, 0.2) is 36.5 Å². The maximum Gasteiger partial charge on any atom is 0.433 e. The number of piperidine rings is 1. The highest BCUT2D eigenvalue weighted by atomic mass is 35.5. The molecule has 0 radical (unpaired) electrons. The maximum absolute atomic E-state index is 15.3. The van der Waals surface area contributed by atoms with Gasteiger partial charge in [0.15, 0.2) is 0 Å². The van der Waals surface area contributed by atoms with Crippen molar-refractivity contribution in [2.75, 3.05) is 148 Å². The van der Waals surface area contributed by atoms with Gasteiger partial charge in [-0.3, -0.25) is 19.6 Å². The zero-order valence-corrected chi connectivity index (χ0v) is 65.5. The lowest BCUT2D eigenvalue weighted by Gasteiger charge is -2.47. The van der Waals surface area contributed by atoms with E-state index in [0.29, 0.717) is 92.8 Å². The first kappa shape index (κ1) is 83.9. The minimum Gasteiger partial charge on any atom is -0.341 e. The minimum absolute atomic E-state index is 0.0956. The third-order valence-electron chi connectivity index (χ3n) is 25.4. The summed E-state index contributed by atoms with van der Waals surface area (Å²) in [5.41, 5.74) is -0.541. The number of likely N-dealkylation sites (N-methyl/N-ethyl adjacent to an activating group) is 7. The number of hydrogen-bond donors (Lipinski definition) is 3. The first-order chi connectivity index (χ1) is 48.1. The molecule has 578 valence electrons. The van der Waals surface area contributed by atoms with Gasteiger partial charge in [0.05, 0.1) is 16.6 Å². The van der Waals surface area contributed by atoms with Crippen LogP contribution in [-0.2, 0) is 30.0 Å². The number of amides is 1. The second kappa shape index (κ2) is 40.5. The van der Waals surface area contributed by atoms with Crippen molar-refractivity contribution in [2.24, 2.45) is 23.7 Å². The van der Waals surface area contributed by atoms with Gasteiger partial charge in [-0.15, -0.1) is 0 Å². The molecule has 2 aromatic rings. The van der Waals surface area contributed by atoms with Gasteiger partial charge in [0.1, 0.15) is 5.69 Å². The first-order valence-corrected chi connectivity index (χ1v) is 40.5. The highest BCUT2D eigenvalue weighted by Gasteiger charge is 2.42. The molecule has 3 saturated heterocycles. The molecule has 4 heterocycles. The number of fused-ring (bicyclic) bond motifs is 1. The maximum atomic E-state index is 15.3. The Labute approximate surface area is 613 Å². The van der Waals surface area contributed by atoms with Gasteiger partial charge in [-0.05, 0) is 199 Å².